The number of nitrogens with zero attached hydrogens (tertiary/aromatic N) is 1. The van der Waals surface area contributed by atoms with Crippen LogP contribution in [0.4, 0.5) is 0 Å². The molecule has 0 aliphatic heterocycles. The number of benzene rings is 2. The fraction of sp³-hybridized carbons (Fsp3) is 0.348. The van der Waals surface area contributed by atoms with Crippen LogP contribution in [-0.2, 0) is 22.6 Å². The molecular formula is C23H27NO5. The van der Waals surface area contributed by atoms with Gasteiger partial charge >= 0.3 is 5.97 Å². The third-order valence-corrected chi connectivity index (χ3v) is 4.18. The second-order valence-electron chi connectivity index (χ2n) is 7.53. The molecular weight excluding hydrogens is 370 g/mol. The number of ketones is 2. The van der Waals surface area contributed by atoms with Crippen molar-refractivity contribution in [3.63, 3.8) is 0 Å². The average Bonchev–Trinajstić information content (AvgIpc) is 2.63. The molecule has 0 heterocycles. The van der Waals surface area contributed by atoms with Gasteiger partial charge in [-0.05, 0) is 51.6 Å². The summed E-state index contributed by atoms with van der Waals surface area (Å²) in [4.78, 5) is 37.3. The number of carbonyl (C=O) groups is 3. The fourth-order valence-corrected chi connectivity index (χ4v) is 3.05. The Labute approximate surface area is 171 Å². The second kappa shape index (κ2) is 9.98. The Kier molecular flexibility index (Phi) is 7.67. The van der Waals surface area contributed by atoms with Crippen LogP contribution in [0.3, 0.4) is 0 Å². The largest absolute Gasteiger partial charge is 0.490 e. The Morgan fingerprint density at radius 1 is 1.03 bits per heavy atom. The van der Waals surface area contributed by atoms with Gasteiger partial charge in [0.2, 0.25) is 5.78 Å². The Morgan fingerprint density at radius 3 is 2.24 bits per heavy atom. The number of carboxylic acids is 1. The lowest BCUT2D eigenvalue weighted by Gasteiger charge is -2.21. The number of aliphatic carboxylic acids is 1. The molecule has 6 nitrogen and oxygen atoms in total. The normalized spacial score (nSPS) is 11.0. The summed E-state index contributed by atoms with van der Waals surface area (Å²) < 4.78 is 5.94. The number of ether oxygens (including phenoxy) is 1. The van der Waals surface area contributed by atoms with Crippen molar-refractivity contribution >= 4 is 17.5 Å². The molecule has 2 rings (SSSR count). The van der Waals surface area contributed by atoms with Crippen LogP contribution < -0.4 is 4.74 Å². The summed E-state index contributed by atoms with van der Waals surface area (Å²) in [7, 11) is 3.83. The maximum absolute atomic E-state index is 12.8. The maximum atomic E-state index is 12.8. The zero-order chi connectivity index (χ0) is 21.6. The van der Waals surface area contributed by atoms with Crippen molar-refractivity contribution in [3.8, 4) is 5.75 Å². The second-order valence-corrected chi connectivity index (χ2v) is 7.53. The molecule has 6 heteroatoms. The van der Waals surface area contributed by atoms with Gasteiger partial charge in [-0.3, -0.25) is 9.59 Å². The van der Waals surface area contributed by atoms with Crippen molar-refractivity contribution in [3.05, 3.63) is 64.7 Å². The molecule has 0 radical (unpaired) electrons. The van der Waals surface area contributed by atoms with E-state index in [1.165, 1.54) is 0 Å². The van der Waals surface area contributed by atoms with Crippen LogP contribution in [0.5, 0.6) is 5.75 Å². The van der Waals surface area contributed by atoms with Crippen LogP contribution in [0, 0.1) is 0 Å². The minimum absolute atomic E-state index is 0.183. The van der Waals surface area contributed by atoms with Gasteiger partial charge in [0.05, 0.1) is 18.1 Å². The van der Waals surface area contributed by atoms with E-state index in [4.69, 9.17) is 9.84 Å². The van der Waals surface area contributed by atoms with Crippen molar-refractivity contribution in [2.45, 2.75) is 39.3 Å². The predicted octanol–water partition coefficient (Wildman–Crippen LogP) is 3.35. The minimum atomic E-state index is -1.61. The predicted molar refractivity (Wildman–Crippen MR) is 110 cm³/mol. The van der Waals surface area contributed by atoms with E-state index in [9.17, 15) is 14.4 Å². The van der Waals surface area contributed by atoms with Crippen LogP contribution in [0.15, 0.2) is 42.5 Å². The van der Waals surface area contributed by atoms with Gasteiger partial charge in [0.25, 0.3) is 0 Å². The first kappa shape index (κ1) is 22.3. The zero-order valence-corrected chi connectivity index (χ0v) is 17.3. The van der Waals surface area contributed by atoms with Gasteiger partial charge in [-0.15, -0.1) is 0 Å². The standard InChI is InChI=1S/C23H27NO5/c1-15(2)29-22-18(14-24(3)4)11-17(10-16-8-6-5-7-9-16)12-19(22)20(25)13-21(26)23(27)28/h5-9,11-12,15H,10,13-14H2,1-4H3,(H,27,28). The Bertz CT molecular complexity index is 888. The molecule has 0 saturated heterocycles. The smallest absolute Gasteiger partial charge is 0.372 e. The average molecular weight is 397 g/mol. The van der Waals surface area contributed by atoms with Gasteiger partial charge in [0, 0.05) is 12.1 Å². The molecule has 0 saturated carbocycles. The van der Waals surface area contributed by atoms with Gasteiger partial charge in [-0.25, -0.2) is 4.79 Å². The fourth-order valence-electron chi connectivity index (χ4n) is 3.05. The molecule has 154 valence electrons. The highest BCUT2D eigenvalue weighted by molar-refractivity contribution is 6.37. The highest BCUT2D eigenvalue weighted by Gasteiger charge is 2.24. The Morgan fingerprint density at radius 2 is 1.69 bits per heavy atom. The third-order valence-electron chi connectivity index (χ3n) is 4.18. The van der Waals surface area contributed by atoms with Crippen molar-refractivity contribution in [2.75, 3.05) is 14.1 Å². The van der Waals surface area contributed by atoms with Crippen LogP contribution >= 0.6 is 0 Å². The maximum Gasteiger partial charge on any atom is 0.372 e. The third kappa shape index (κ3) is 6.54. The van der Waals surface area contributed by atoms with Crippen LogP contribution in [0.2, 0.25) is 0 Å². The first-order chi connectivity index (χ1) is 13.7. The van der Waals surface area contributed by atoms with E-state index in [0.29, 0.717) is 18.7 Å². The van der Waals surface area contributed by atoms with Crippen LogP contribution in [0.1, 0.15) is 47.3 Å². The van der Waals surface area contributed by atoms with Gasteiger partial charge in [0.15, 0.2) is 5.78 Å². The summed E-state index contributed by atoms with van der Waals surface area (Å²) in [5.74, 6) is -2.89. The molecule has 2 aromatic rings. The highest BCUT2D eigenvalue weighted by Crippen LogP contribution is 2.30. The molecule has 2 aromatic carbocycles. The first-order valence-corrected chi connectivity index (χ1v) is 9.47. The van der Waals surface area contributed by atoms with Gasteiger partial charge < -0.3 is 14.7 Å². The van der Waals surface area contributed by atoms with Crippen molar-refractivity contribution in [2.24, 2.45) is 0 Å². The molecule has 0 bridgehead atoms. The van der Waals surface area contributed by atoms with Crippen LogP contribution in [0.25, 0.3) is 0 Å². The summed E-state index contributed by atoms with van der Waals surface area (Å²) in [5.41, 5.74) is 3.05. The van der Waals surface area contributed by atoms with E-state index >= 15 is 0 Å². The topological polar surface area (TPSA) is 83.9 Å². The molecule has 0 aliphatic rings. The molecule has 1 N–H and O–H groups in total. The van der Waals surface area contributed by atoms with Crippen molar-refractivity contribution in [1.82, 2.24) is 4.90 Å². The molecule has 0 fully saturated rings. The lowest BCUT2D eigenvalue weighted by Crippen LogP contribution is -2.20. The SMILES string of the molecule is CC(C)Oc1c(CN(C)C)cc(Cc2ccccc2)cc1C(=O)CC(=O)C(=O)O. The van der Waals surface area contributed by atoms with E-state index in [-0.39, 0.29) is 11.7 Å². The van der Waals surface area contributed by atoms with Gasteiger partial charge in [-0.1, -0.05) is 36.4 Å². The number of rotatable bonds is 10. The van der Waals surface area contributed by atoms with Crippen molar-refractivity contribution in [1.29, 1.82) is 0 Å². The molecule has 0 aromatic heterocycles. The van der Waals surface area contributed by atoms with E-state index in [1.807, 2.05) is 69.2 Å². The Hall–Kier alpha value is -2.99. The molecule has 0 spiro atoms. The van der Waals surface area contributed by atoms with E-state index in [1.54, 1.807) is 6.07 Å². The molecule has 0 unspecified atom stereocenters. The lowest BCUT2D eigenvalue weighted by atomic mass is 9.95. The molecule has 29 heavy (non-hydrogen) atoms. The molecule has 0 atom stereocenters. The van der Waals surface area contributed by atoms with E-state index in [0.717, 1.165) is 16.7 Å². The number of carbonyl (C=O) groups excluding carboxylic acids is 2. The summed E-state index contributed by atoms with van der Waals surface area (Å²) in [5, 5.41) is 8.88. The quantitative estimate of drug-likeness (QED) is 0.376. The summed E-state index contributed by atoms with van der Waals surface area (Å²) in [6, 6.07) is 13.5. The summed E-state index contributed by atoms with van der Waals surface area (Å²) in [6.07, 6.45) is -0.270. The van der Waals surface area contributed by atoms with Crippen LogP contribution in [-0.4, -0.2) is 47.7 Å². The van der Waals surface area contributed by atoms with Gasteiger partial charge in [0.1, 0.15) is 5.75 Å². The number of hydrogen-bond acceptors (Lipinski definition) is 5. The zero-order valence-electron chi connectivity index (χ0n) is 17.3. The molecule has 0 amide bonds. The van der Waals surface area contributed by atoms with Crippen molar-refractivity contribution < 1.29 is 24.2 Å². The summed E-state index contributed by atoms with van der Waals surface area (Å²) in [6.45, 7) is 4.25. The van der Waals surface area contributed by atoms with E-state index < -0.39 is 24.0 Å². The minimum Gasteiger partial charge on any atom is -0.490 e. The summed E-state index contributed by atoms with van der Waals surface area (Å²) >= 11 is 0. The first-order valence-electron chi connectivity index (χ1n) is 9.47. The highest BCUT2D eigenvalue weighted by atomic mass is 16.5. The number of hydrogen-bond donors (Lipinski definition) is 1. The van der Waals surface area contributed by atoms with E-state index in [2.05, 4.69) is 0 Å². The van der Waals surface area contributed by atoms with Gasteiger partial charge in [-0.2, -0.15) is 0 Å². The number of carboxylic acid groups (broad SMARTS) is 1. The Balaban J connectivity index is 2.54. The monoisotopic (exact) mass is 397 g/mol. The lowest BCUT2D eigenvalue weighted by molar-refractivity contribution is -0.148. The molecule has 0 aliphatic carbocycles. The number of Topliss-reactive ketones (excluding diaryl/α,β-unsaturated/α-hetero) is 2.